The van der Waals surface area contributed by atoms with E-state index in [1.807, 2.05) is 13.8 Å². The molecule has 1 rings (SSSR count). The van der Waals surface area contributed by atoms with E-state index < -0.39 is 0 Å². The van der Waals surface area contributed by atoms with Crippen molar-refractivity contribution >= 4 is 11.5 Å². The fraction of sp³-hybridized carbons (Fsp3) is 0.417. The van der Waals surface area contributed by atoms with Crippen LogP contribution in [0.5, 0.6) is 0 Å². The maximum absolute atomic E-state index is 13.5. The minimum Gasteiger partial charge on any atom is -0.380 e. The molecule has 0 aromatic heterocycles. The molecule has 0 radical (unpaired) electrons. The smallest absolute Gasteiger partial charge is 0.159 e. The third-order valence-corrected chi connectivity index (χ3v) is 2.39. The molecular formula is C12H16FNO. The Kier molecular flexibility index (Phi) is 3.83. The van der Waals surface area contributed by atoms with Gasteiger partial charge in [0.05, 0.1) is 5.69 Å². The highest BCUT2D eigenvalue weighted by molar-refractivity contribution is 5.94. The highest BCUT2D eigenvalue weighted by Crippen LogP contribution is 2.17. The summed E-state index contributed by atoms with van der Waals surface area (Å²) in [7, 11) is 0. The zero-order chi connectivity index (χ0) is 11.4. The van der Waals surface area contributed by atoms with Crippen LogP contribution < -0.4 is 5.32 Å². The van der Waals surface area contributed by atoms with Crippen molar-refractivity contribution in [1.29, 1.82) is 0 Å². The van der Waals surface area contributed by atoms with Crippen molar-refractivity contribution < 1.29 is 9.18 Å². The van der Waals surface area contributed by atoms with Crippen LogP contribution in [0.4, 0.5) is 10.1 Å². The van der Waals surface area contributed by atoms with Gasteiger partial charge < -0.3 is 5.32 Å². The summed E-state index contributed by atoms with van der Waals surface area (Å²) in [6.45, 7) is 5.44. The Bertz CT molecular complexity index is 363. The molecule has 1 unspecified atom stereocenters. The van der Waals surface area contributed by atoms with E-state index in [1.54, 1.807) is 12.1 Å². The molecule has 0 aliphatic heterocycles. The lowest BCUT2D eigenvalue weighted by Gasteiger charge is -2.13. The number of nitrogens with one attached hydrogen (secondary N) is 1. The maximum atomic E-state index is 13.5. The van der Waals surface area contributed by atoms with Crippen LogP contribution in [0.25, 0.3) is 0 Å². The Morgan fingerprint density at radius 3 is 2.67 bits per heavy atom. The van der Waals surface area contributed by atoms with Gasteiger partial charge in [0, 0.05) is 11.6 Å². The van der Waals surface area contributed by atoms with Crippen LogP contribution in [0.1, 0.15) is 37.6 Å². The zero-order valence-electron chi connectivity index (χ0n) is 9.30. The predicted octanol–water partition coefficient (Wildman–Crippen LogP) is 3.24. The number of hydrogen-bond donors (Lipinski definition) is 1. The number of halogens is 1. The highest BCUT2D eigenvalue weighted by atomic mass is 19.1. The largest absolute Gasteiger partial charge is 0.380 e. The van der Waals surface area contributed by atoms with Crippen LogP contribution in [0, 0.1) is 5.82 Å². The van der Waals surface area contributed by atoms with Crippen LogP contribution in [0.2, 0.25) is 0 Å². The van der Waals surface area contributed by atoms with Gasteiger partial charge in [0.15, 0.2) is 5.78 Å². The summed E-state index contributed by atoms with van der Waals surface area (Å²) in [5.41, 5.74) is 0.858. The van der Waals surface area contributed by atoms with Crippen molar-refractivity contribution in [2.45, 2.75) is 33.2 Å². The van der Waals surface area contributed by atoms with E-state index in [0.29, 0.717) is 11.3 Å². The lowest BCUT2D eigenvalue weighted by molar-refractivity contribution is 0.101. The number of carbonyl (C=O) groups is 1. The number of Topliss-reactive ketones (excluding diaryl/α,β-unsaturated/α-hetero) is 1. The van der Waals surface area contributed by atoms with E-state index in [9.17, 15) is 9.18 Å². The van der Waals surface area contributed by atoms with Gasteiger partial charge >= 0.3 is 0 Å². The third kappa shape index (κ3) is 3.05. The van der Waals surface area contributed by atoms with Gasteiger partial charge in [-0.15, -0.1) is 0 Å². The molecule has 2 nitrogen and oxygen atoms in total. The van der Waals surface area contributed by atoms with E-state index in [1.165, 1.54) is 13.0 Å². The lowest BCUT2D eigenvalue weighted by Crippen LogP contribution is -2.14. The second-order valence-electron chi connectivity index (χ2n) is 3.70. The summed E-state index contributed by atoms with van der Waals surface area (Å²) in [5.74, 6) is -0.494. The molecule has 1 atom stereocenters. The van der Waals surface area contributed by atoms with Crippen LogP contribution in [-0.4, -0.2) is 11.8 Å². The van der Waals surface area contributed by atoms with Gasteiger partial charge in [-0.3, -0.25) is 4.79 Å². The van der Waals surface area contributed by atoms with Gasteiger partial charge in [0.2, 0.25) is 0 Å². The maximum Gasteiger partial charge on any atom is 0.159 e. The second-order valence-corrected chi connectivity index (χ2v) is 3.70. The van der Waals surface area contributed by atoms with Crippen molar-refractivity contribution in [3.8, 4) is 0 Å². The standard InChI is InChI=1S/C12H16FNO/c1-4-8(2)14-12-6-5-10(9(3)15)7-11(12)13/h5-8,14H,4H2,1-3H3. The van der Waals surface area contributed by atoms with Crippen LogP contribution >= 0.6 is 0 Å². The average Bonchev–Trinajstić information content (AvgIpc) is 2.20. The molecule has 15 heavy (non-hydrogen) atoms. The van der Waals surface area contributed by atoms with Crippen LogP contribution in [-0.2, 0) is 0 Å². The van der Waals surface area contributed by atoms with Crippen molar-refractivity contribution in [1.82, 2.24) is 0 Å². The third-order valence-electron chi connectivity index (χ3n) is 2.39. The van der Waals surface area contributed by atoms with Gasteiger partial charge in [0.1, 0.15) is 5.82 Å². The van der Waals surface area contributed by atoms with Crippen LogP contribution in [0.15, 0.2) is 18.2 Å². The normalized spacial score (nSPS) is 12.3. The number of anilines is 1. The molecule has 1 aromatic carbocycles. The van der Waals surface area contributed by atoms with Gasteiger partial charge in [-0.2, -0.15) is 0 Å². The molecule has 3 heteroatoms. The minimum atomic E-state index is -0.372. The first-order chi connectivity index (χ1) is 7.04. The summed E-state index contributed by atoms with van der Waals surface area (Å²) in [6, 6.07) is 4.74. The SMILES string of the molecule is CCC(C)Nc1ccc(C(C)=O)cc1F. The van der Waals surface area contributed by atoms with Gasteiger partial charge in [-0.05, 0) is 38.5 Å². The molecule has 0 bridgehead atoms. The highest BCUT2D eigenvalue weighted by Gasteiger charge is 2.07. The Morgan fingerprint density at radius 1 is 1.53 bits per heavy atom. The summed E-state index contributed by atoms with van der Waals surface area (Å²) >= 11 is 0. The predicted molar refractivity (Wildman–Crippen MR) is 59.8 cm³/mol. The van der Waals surface area contributed by atoms with Crippen LogP contribution in [0.3, 0.4) is 0 Å². The average molecular weight is 209 g/mol. The number of rotatable bonds is 4. The topological polar surface area (TPSA) is 29.1 Å². The first-order valence-corrected chi connectivity index (χ1v) is 5.11. The first-order valence-electron chi connectivity index (χ1n) is 5.11. The van der Waals surface area contributed by atoms with Crippen molar-refractivity contribution in [2.24, 2.45) is 0 Å². The van der Waals surface area contributed by atoms with Crippen molar-refractivity contribution in [3.05, 3.63) is 29.6 Å². The second kappa shape index (κ2) is 4.91. The molecular weight excluding hydrogens is 193 g/mol. The number of benzene rings is 1. The van der Waals surface area contributed by atoms with E-state index >= 15 is 0 Å². The van der Waals surface area contributed by atoms with E-state index in [2.05, 4.69) is 5.32 Å². The molecule has 0 fully saturated rings. The summed E-state index contributed by atoms with van der Waals surface area (Å²) in [6.07, 6.45) is 0.925. The van der Waals surface area contributed by atoms with Crippen molar-refractivity contribution in [2.75, 3.05) is 5.32 Å². The lowest BCUT2D eigenvalue weighted by atomic mass is 10.1. The summed E-state index contributed by atoms with van der Waals surface area (Å²) < 4.78 is 13.5. The molecule has 0 saturated carbocycles. The number of carbonyl (C=O) groups excluding carboxylic acids is 1. The molecule has 0 aliphatic rings. The molecule has 1 aromatic rings. The Labute approximate surface area is 89.5 Å². The molecule has 0 heterocycles. The zero-order valence-corrected chi connectivity index (χ0v) is 9.30. The Balaban J connectivity index is 2.88. The summed E-state index contributed by atoms with van der Waals surface area (Å²) in [4.78, 5) is 11.0. The molecule has 0 saturated heterocycles. The first kappa shape index (κ1) is 11.7. The Hall–Kier alpha value is -1.38. The van der Waals surface area contributed by atoms with Gasteiger partial charge in [0.25, 0.3) is 0 Å². The van der Waals surface area contributed by atoms with Gasteiger partial charge in [-0.25, -0.2) is 4.39 Å². The van der Waals surface area contributed by atoms with E-state index in [0.717, 1.165) is 6.42 Å². The van der Waals surface area contributed by atoms with E-state index in [-0.39, 0.29) is 17.6 Å². The number of hydrogen-bond acceptors (Lipinski definition) is 2. The fourth-order valence-electron chi connectivity index (χ4n) is 1.22. The fourth-order valence-corrected chi connectivity index (χ4v) is 1.22. The molecule has 1 N–H and O–H groups in total. The number of ketones is 1. The molecule has 0 amide bonds. The summed E-state index contributed by atoms with van der Waals surface area (Å²) in [5, 5.41) is 3.04. The quantitative estimate of drug-likeness (QED) is 0.771. The van der Waals surface area contributed by atoms with E-state index in [4.69, 9.17) is 0 Å². The monoisotopic (exact) mass is 209 g/mol. The minimum absolute atomic E-state index is 0.121. The molecule has 82 valence electrons. The van der Waals surface area contributed by atoms with Gasteiger partial charge in [-0.1, -0.05) is 6.92 Å². The molecule has 0 spiro atoms. The Morgan fingerprint density at radius 2 is 2.20 bits per heavy atom. The molecule has 0 aliphatic carbocycles. The van der Waals surface area contributed by atoms with Crippen molar-refractivity contribution in [3.63, 3.8) is 0 Å².